The van der Waals surface area contributed by atoms with Crippen LogP contribution in [0, 0.1) is 6.92 Å². The van der Waals surface area contributed by atoms with Crippen LogP contribution in [0.3, 0.4) is 0 Å². The quantitative estimate of drug-likeness (QED) is 0.263. The molecule has 2 heterocycles. The predicted octanol–water partition coefficient (Wildman–Crippen LogP) is 6.66. The molecule has 7 heteroatoms. The Morgan fingerprint density at radius 1 is 1.11 bits per heavy atom. The fourth-order valence-electron chi connectivity index (χ4n) is 4.66. The summed E-state index contributed by atoms with van der Waals surface area (Å²) in [5, 5.41) is 5.43. The van der Waals surface area contributed by atoms with Gasteiger partial charge in [-0.1, -0.05) is 54.1 Å². The van der Waals surface area contributed by atoms with Gasteiger partial charge in [-0.3, -0.25) is 4.79 Å². The maximum atomic E-state index is 13.8. The highest BCUT2D eigenvalue weighted by atomic mass is 35.5. The highest BCUT2D eigenvalue weighted by molar-refractivity contribution is 6.30. The van der Waals surface area contributed by atoms with E-state index in [1.165, 1.54) is 0 Å². The van der Waals surface area contributed by atoms with E-state index in [0.717, 1.165) is 47.6 Å². The van der Waals surface area contributed by atoms with Gasteiger partial charge < -0.3 is 14.4 Å². The summed E-state index contributed by atoms with van der Waals surface area (Å²) in [6, 6.07) is 24.9. The van der Waals surface area contributed by atoms with Gasteiger partial charge in [0.1, 0.15) is 11.4 Å². The summed E-state index contributed by atoms with van der Waals surface area (Å²) in [5.74, 6) is 1.24. The van der Waals surface area contributed by atoms with Crippen LogP contribution in [0.25, 0.3) is 11.3 Å². The summed E-state index contributed by atoms with van der Waals surface area (Å²) in [6.07, 6.45) is 1.92. The molecule has 0 unspecified atom stereocenters. The van der Waals surface area contributed by atoms with Gasteiger partial charge in [0.05, 0.1) is 18.2 Å². The van der Waals surface area contributed by atoms with Crippen LogP contribution >= 0.6 is 11.6 Å². The maximum Gasteiger partial charge on any atom is 0.254 e. The number of ether oxygens (including phenoxy) is 2. The third-order valence-electron chi connectivity index (χ3n) is 6.51. The Bertz CT molecular complexity index is 1360. The minimum Gasteiger partial charge on any atom is -0.439 e. The van der Waals surface area contributed by atoms with Gasteiger partial charge in [0.2, 0.25) is 5.88 Å². The van der Waals surface area contributed by atoms with Crippen LogP contribution in [-0.2, 0) is 18.3 Å². The Balaban J connectivity index is 1.56. The molecule has 190 valence electrons. The van der Waals surface area contributed by atoms with Gasteiger partial charge in [-0.25, -0.2) is 4.68 Å². The second-order valence-corrected chi connectivity index (χ2v) is 9.80. The minimum absolute atomic E-state index is 0.00533. The molecule has 37 heavy (non-hydrogen) atoms. The Morgan fingerprint density at radius 2 is 1.89 bits per heavy atom. The van der Waals surface area contributed by atoms with E-state index in [9.17, 15) is 4.79 Å². The predicted molar refractivity (Wildman–Crippen MR) is 145 cm³/mol. The number of amides is 1. The summed E-state index contributed by atoms with van der Waals surface area (Å²) in [4.78, 5) is 15.6. The molecule has 1 aliphatic heterocycles. The zero-order valence-electron chi connectivity index (χ0n) is 21.1. The number of benzene rings is 3. The zero-order valence-corrected chi connectivity index (χ0v) is 21.8. The van der Waals surface area contributed by atoms with Crippen LogP contribution in [0.2, 0.25) is 5.02 Å². The molecule has 1 aromatic heterocycles. The third kappa shape index (κ3) is 5.87. The van der Waals surface area contributed by atoms with Gasteiger partial charge in [0.25, 0.3) is 5.91 Å². The lowest BCUT2D eigenvalue weighted by Crippen LogP contribution is -2.37. The summed E-state index contributed by atoms with van der Waals surface area (Å²) >= 11 is 6.09. The van der Waals surface area contributed by atoms with Crippen molar-refractivity contribution in [3.63, 3.8) is 0 Å². The van der Waals surface area contributed by atoms with Crippen molar-refractivity contribution in [3.05, 3.63) is 101 Å². The van der Waals surface area contributed by atoms with Crippen LogP contribution in [0.15, 0.2) is 78.9 Å². The monoisotopic (exact) mass is 515 g/mol. The number of aryl methyl sites for hydroxylation is 2. The first-order valence-electron chi connectivity index (χ1n) is 12.5. The van der Waals surface area contributed by atoms with Crippen molar-refractivity contribution in [3.8, 4) is 22.9 Å². The number of hydrogen-bond donors (Lipinski definition) is 0. The molecule has 0 saturated carbocycles. The molecule has 6 nitrogen and oxygen atoms in total. The van der Waals surface area contributed by atoms with Crippen molar-refractivity contribution >= 4 is 17.5 Å². The first kappa shape index (κ1) is 25.1. The molecular weight excluding hydrogens is 486 g/mol. The highest BCUT2D eigenvalue weighted by Gasteiger charge is 2.28. The molecule has 0 aliphatic carbocycles. The van der Waals surface area contributed by atoms with Crippen LogP contribution in [-0.4, -0.2) is 39.8 Å². The third-order valence-corrected chi connectivity index (χ3v) is 6.77. The van der Waals surface area contributed by atoms with Gasteiger partial charge in [-0.05, 0) is 61.7 Å². The first-order valence-corrected chi connectivity index (χ1v) is 12.9. The van der Waals surface area contributed by atoms with Crippen LogP contribution in [0.4, 0.5) is 0 Å². The fraction of sp³-hybridized carbons (Fsp3) is 0.267. The van der Waals surface area contributed by atoms with Crippen LogP contribution in [0.5, 0.6) is 11.6 Å². The lowest BCUT2D eigenvalue weighted by molar-refractivity contribution is 0.0506. The first-order chi connectivity index (χ1) is 18.0. The molecule has 5 rings (SSSR count). The summed E-state index contributed by atoms with van der Waals surface area (Å²) in [5.41, 5.74) is 4.27. The van der Waals surface area contributed by atoms with E-state index in [4.69, 9.17) is 26.2 Å². The Kier molecular flexibility index (Phi) is 7.58. The largest absolute Gasteiger partial charge is 0.439 e. The molecule has 1 saturated heterocycles. The average Bonchev–Trinajstić information content (AvgIpc) is 3.53. The Morgan fingerprint density at radius 3 is 2.59 bits per heavy atom. The molecule has 0 bridgehead atoms. The molecule has 0 N–H and O–H groups in total. The van der Waals surface area contributed by atoms with Crippen LogP contribution in [0.1, 0.15) is 34.3 Å². The zero-order chi connectivity index (χ0) is 25.8. The van der Waals surface area contributed by atoms with Crippen molar-refractivity contribution in [1.82, 2.24) is 14.7 Å². The normalized spacial score (nSPS) is 15.1. The molecular formula is C30H30ClN3O3. The summed E-state index contributed by atoms with van der Waals surface area (Å²) in [7, 11) is 1.87. The number of aromatic nitrogens is 2. The Labute approximate surface area is 222 Å². The number of nitrogens with zero attached hydrogens (tertiary/aromatic N) is 3. The van der Waals surface area contributed by atoms with Crippen molar-refractivity contribution in [2.45, 2.75) is 32.4 Å². The van der Waals surface area contributed by atoms with E-state index < -0.39 is 0 Å². The van der Waals surface area contributed by atoms with E-state index in [0.29, 0.717) is 29.6 Å². The number of halogens is 1. The van der Waals surface area contributed by atoms with Gasteiger partial charge >= 0.3 is 0 Å². The van der Waals surface area contributed by atoms with Crippen LogP contribution < -0.4 is 4.74 Å². The Hall–Kier alpha value is -3.61. The molecule has 0 radical (unpaired) electrons. The van der Waals surface area contributed by atoms with E-state index in [1.807, 2.05) is 73.5 Å². The minimum atomic E-state index is -0.0865. The van der Waals surface area contributed by atoms with Crippen molar-refractivity contribution in [2.75, 3.05) is 13.2 Å². The van der Waals surface area contributed by atoms with Crippen molar-refractivity contribution in [1.29, 1.82) is 0 Å². The number of carbonyl (C=O) groups is 1. The highest BCUT2D eigenvalue weighted by Crippen LogP contribution is 2.35. The van der Waals surface area contributed by atoms with E-state index in [-0.39, 0.29) is 12.0 Å². The fourth-order valence-corrected chi connectivity index (χ4v) is 4.79. The second-order valence-electron chi connectivity index (χ2n) is 9.37. The molecule has 4 aromatic rings. The molecule has 3 aromatic carbocycles. The number of carbonyl (C=O) groups excluding carboxylic acids is 1. The lowest BCUT2D eigenvalue weighted by atomic mass is 10.1. The number of rotatable bonds is 8. The SMILES string of the molecule is Cc1cccc(Oc2c(CN(C[C@H]3CCCO3)C(=O)c3ccc(Cl)cc3)c(-c3ccccc3)nn2C)c1. The maximum absolute atomic E-state index is 13.8. The topological polar surface area (TPSA) is 56.6 Å². The summed E-state index contributed by atoms with van der Waals surface area (Å²) in [6.45, 7) is 3.55. The van der Waals surface area contributed by atoms with Crippen molar-refractivity contribution in [2.24, 2.45) is 7.05 Å². The molecule has 0 spiro atoms. The molecule has 1 aliphatic rings. The molecule has 1 atom stereocenters. The van der Waals surface area contributed by atoms with Crippen molar-refractivity contribution < 1.29 is 14.3 Å². The summed E-state index contributed by atoms with van der Waals surface area (Å²) < 4.78 is 14.1. The van der Waals surface area contributed by atoms with E-state index in [1.54, 1.807) is 28.9 Å². The average molecular weight is 516 g/mol. The smallest absolute Gasteiger partial charge is 0.254 e. The van der Waals surface area contributed by atoms with Gasteiger partial charge in [-0.2, -0.15) is 5.10 Å². The molecule has 1 amide bonds. The van der Waals surface area contributed by atoms with Gasteiger partial charge in [0.15, 0.2) is 0 Å². The lowest BCUT2D eigenvalue weighted by Gasteiger charge is -2.26. The van der Waals surface area contributed by atoms with E-state index >= 15 is 0 Å². The second kappa shape index (κ2) is 11.2. The van der Waals surface area contributed by atoms with Gasteiger partial charge in [-0.15, -0.1) is 0 Å². The van der Waals surface area contributed by atoms with Gasteiger partial charge in [0, 0.05) is 36.3 Å². The standard InChI is InChI=1S/C30H30ClN3O3/c1-21-8-6-11-25(18-21)37-30-27(28(32-33(30)2)22-9-4-3-5-10-22)20-34(19-26-12-7-17-36-26)29(35)23-13-15-24(31)16-14-23/h3-6,8-11,13-16,18,26H,7,12,17,19-20H2,1-2H3/t26-/m1/s1. The number of hydrogen-bond acceptors (Lipinski definition) is 4. The van der Waals surface area contributed by atoms with E-state index in [2.05, 4.69) is 0 Å². The molecule has 1 fully saturated rings.